The van der Waals surface area contributed by atoms with E-state index in [0.717, 1.165) is 3.79 Å². The molecule has 1 fully saturated rings. The number of carboxylic acids is 1. The van der Waals surface area contributed by atoms with Crippen LogP contribution in [0.4, 0.5) is 0 Å². The molecule has 0 spiro atoms. The molecule has 118 valence electrons. The van der Waals surface area contributed by atoms with Gasteiger partial charge in [0.25, 0.3) is 0 Å². The monoisotopic (exact) mass is 396 g/mol. The lowest BCUT2D eigenvalue weighted by molar-refractivity contribution is -0.139. The predicted octanol–water partition coefficient (Wildman–Crippen LogP) is 1.73. The van der Waals surface area contributed by atoms with Gasteiger partial charge < -0.3 is 5.11 Å². The summed E-state index contributed by atoms with van der Waals surface area (Å²) in [6.45, 7) is 2.55. The lowest BCUT2D eigenvalue weighted by Gasteiger charge is -2.41. The number of sulfonamides is 1. The van der Waals surface area contributed by atoms with Gasteiger partial charge in [-0.25, -0.2) is 13.1 Å². The quantitative estimate of drug-likeness (QED) is 0.732. The summed E-state index contributed by atoms with van der Waals surface area (Å²) >= 11 is 4.42. The zero-order valence-corrected chi connectivity index (χ0v) is 14.7. The van der Waals surface area contributed by atoms with Crippen molar-refractivity contribution < 1.29 is 18.3 Å². The Balaban J connectivity index is 1.89. The number of thiophene rings is 1. The van der Waals surface area contributed by atoms with Crippen LogP contribution in [-0.2, 0) is 14.8 Å². The number of halogens is 1. The summed E-state index contributed by atoms with van der Waals surface area (Å²) in [6.07, 6.45) is 1.29. The molecule has 1 aromatic heterocycles. The van der Waals surface area contributed by atoms with Crippen molar-refractivity contribution in [2.75, 3.05) is 13.1 Å². The highest BCUT2D eigenvalue weighted by Crippen LogP contribution is 2.30. The van der Waals surface area contributed by atoms with E-state index in [0.29, 0.717) is 19.4 Å². The molecule has 0 bridgehead atoms. The third kappa shape index (κ3) is 4.26. The molecule has 0 atom stereocenters. The number of hydrogen-bond donors (Lipinski definition) is 2. The second-order valence-electron chi connectivity index (χ2n) is 4.96. The maximum Gasteiger partial charge on any atom is 0.317 e. The normalized spacial score (nSPS) is 22.2. The Morgan fingerprint density at radius 3 is 2.67 bits per heavy atom. The van der Waals surface area contributed by atoms with E-state index in [-0.39, 0.29) is 22.8 Å². The molecule has 0 saturated heterocycles. The lowest BCUT2D eigenvalue weighted by atomic mass is 9.86. The van der Waals surface area contributed by atoms with Crippen LogP contribution >= 0.6 is 27.3 Å². The van der Waals surface area contributed by atoms with Gasteiger partial charge in [-0.2, -0.15) is 0 Å². The first-order chi connectivity index (χ1) is 9.81. The molecule has 1 aliphatic rings. The van der Waals surface area contributed by atoms with Gasteiger partial charge >= 0.3 is 5.97 Å². The molecular formula is C12H17BrN2O4S2. The van der Waals surface area contributed by atoms with Gasteiger partial charge in [0.15, 0.2) is 0 Å². The molecule has 9 heteroatoms. The van der Waals surface area contributed by atoms with E-state index in [1.165, 1.54) is 11.3 Å². The minimum atomic E-state index is -3.47. The number of nitrogens with zero attached hydrogens (tertiary/aromatic N) is 1. The van der Waals surface area contributed by atoms with E-state index >= 15 is 0 Å². The highest BCUT2D eigenvalue weighted by atomic mass is 79.9. The molecule has 1 aliphatic carbocycles. The number of likely N-dealkylation sites (N-methyl/N-ethyl adjacent to an activating group) is 1. The minimum Gasteiger partial charge on any atom is -0.480 e. The van der Waals surface area contributed by atoms with Crippen molar-refractivity contribution in [1.29, 1.82) is 0 Å². The fourth-order valence-corrected chi connectivity index (χ4v) is 5.66. The molecule has 0 radical (unpaired) electrons. The van der Waals surface area contributed by atoms with Crippen molar-refractivity contribution in [2.24, 2.45) is 0 Å². The zero-order chi connectivity index (χ0) is 15.6. The molecular weight excluding hydrogens is 380 g/mol. The van der Waals surface area contributed by atoms with Crippen LogP contribution in [0, 0.1) is 0 Å². The zero-order valence-electron chi connectivity index (χ0n) is 11.5. The molecule has 0 amide bonds. The molecule has 21 heavy (non-hydrogen) atoms. The van der Waals surface area contributed by atoms with Gasteiger partial charge in [-0.05, 0) is 47.4 Å². The second-order valence-corrected chi connectivity index (χ2v) is 9.36. The fraction of sp³-hybridized carbons (Fsp3) is 0.583. The van der Waals surface area contributed by atoms with Gasteiger partial charge in [0.05, 0.1) is 10.3 Å². The first-order valence-electron chi connectivity index (χ1n) is 6.55. The van der Waals surface area contributed by atoms with Gasteiger partial charge in [-0.15, -0.1) is 11.3 Å². The molecule has 0 unspecified atom stereocenters. The van der Waals surface area contributed by atoms with Crippen molar-refractivity contribution in [3.8, 4) is 0 Å². The smallest absolute Gasteiger partial charge is 0.317 e. The maximum atomic E-state index is 12.1. The largest absolute Gasteiger partial charge is 0.480 e. The van der Waals surface area contributed by atoms with Crippen LogP contribution in [0.2, 0.25) is 0 Å². The van der Waals surface area contributed by atoms with E-state index in [1.54, 1.807) is 12.1 Å². The van der Waals surface area contributed by atoms with Crippen LogP contribution in [0.15, 0.2) is 20.1 Å². The Hall–Kier alpha value is -0.480. The summed E-state index contributed by atoms with van der Waals surface area (Å²) in [6, 6.07) is 3.28. The highest BCUT2D eigenvalue weighted by Gasteiger charge is 2.36. The lowest BCUT2D eigenvalue weighted by Crippen LogP contribution is -2.54. The van der Waals surface area contributed by atoms with Gasteiger partial charge in [-0.3, -0.25) is 9.69 Å². The first-order valence-corrected chi connectivity index (χ1v) is 9.64. The van der Waals surface area contributed by atoms with E-state index in [2.05, 4.69) is 20.7 Å². The molecule has 2 N–H and O–H groups in total. The molecule has 0 aliphatic heterocycles. The SMILES string of the molecule is CCN(CC(=O)O)C1CC(NS(=O)(=O)c2ccc(Br)s2)C1. The number of aliphatic carboxylic acids is 1. The Kier molecular flexibility index (Phi) is 5.42. The van der Waals surface area contributed by atoms with E-state index in [1.807, 2.05) is 11.8 Å². The summed E-state index contributed by atoms with van der Waals surface area (Å²) < 4.78 is 28.0. The summed E-state index contributed by atoms with van der Waals surface area (Å²) in [4.78, 5) is 12.6. The molecule has 2 rings (SSSR count). The Bertz CT molecular complexity index is 611. The summed E-state index contributed by atoms with van der Waals surface area (Å²) in [5.41, 5.74) is 0. The number of hydrogen-bond acceptors (Lipinski definition) is 5. The van der Waals surface area contributed by atoms with Crippen molar-refractivity contribution in [3.05, 3.63) is 15.9 Å². The average molecular weight is 397 g/mol. The number of carboxylic acid groups (broad SMARTS) is 1. The molecule has 1 aromatic rings. The van der Waals surface area contributed by atoms with E-state index in [4.69, 9.17) is 5.11 Å². The molecule has 1 heterocycles. The van der Waals surface area contributed by atoms with Crippen LogP contribution in [0.3, 0.4) is 0 Å². The summed E-state index contributed by atoms with van der Waals surface area (Å²) in [5, 5.41) is 8.83. The van der Waals surface area contributed by atoms with Crippen LogP contribution in [0.1, 0.15) is 19.8 Å². The third-order valence-corrected chi connectivity index (χ3v) is 7.15. The van der Waals surface area contributed by atoms with E-state index < -0.39 is 16.0 Å². The third-order valence-electron chi connectivity index (χ3n) is 3.51. The van der Waals surface area contributed by atoms with Gasteiger partial charge in [0.2, 0.25) is 10.0 Å². The van der Waals surface area contributed by atoms with Crippen molar-refractivity contribution in [2.45, 2.75) is 36.1 Å². The Morgan fingerprint density at radius 2 is 2.19 bits per heavy atom. The summed E-state index contributed by atoms with van der Waals surface area (Å²) in [7, 11) is -3.47. The fourth-order valence-electron chi connectivity index (χ4n) is 2.37. The summed E-state index contributed by atoms with van der Waals surface area (Å²) in [5.74, 6) is -0.857. The Labute approximate surface area is 136 Å². The standard InChI is InChI=1S/C12H17BrN2O4S2/c1-2-15(7-11(16)17)9-5-8(6-9)14-21(18,19)12-4-3-10(13)20-12/h3-4,8-9,14H,2,5-7H2,1H3,(H,16,17). The average Bonchev–Trinajstić information content (AvgIpc) is 2.78. The van der Waals surface area contributed by atoms with Crippen molar-refractivity contribution in [1.82, 2.24) is 9.62 Å². The Morgan fingerprint density at radius 1 is 1.52 bits per heavy atom. The molecule has 6 nitrogen and oxygen atoms in total. The minimum absolute atomic E-state index is 0.00148. The second kappa shape index (κ2) is 6.74. The number of carbonyl (C=O) groups is 1. The predicted molar refractivity (Wildman–Crippen MR) is 84.0 cm³/mol. The molecule has 0 aromatic carbocycles. The topological polar surface area (TPSA) is 86.7 Å². The van der Waals surface area contributed by atoms with Crippen LogP contribution in [-0.4, -0.2) is 49.6 Å². The van der Waals surface area contributed by atoms with Crippen LogP contribution in [0.5, 0.6) is 0 Å². The van der Waals surface area contributed by atoms with Crippen molar-refractivity contribution >= 4 is 43.3 Å². The van der Waals surface area contributed by atoms with Crippen molar-refractivity contribution in [3.63, 3.8) is 0 Å². The van der Waals surface area contributed by atoms with Crippen LogP contribution < -0.4 is 4.72 Å². The van der Waals surface area contributed by atoms with E-state index in [9.17, 15) is 13.2 Å². The van der Waals surface area contributed by atoms with Crippen LogP contribution in [0.25, 0.3) is 0 Å². The molecule has 1 saturated carbocycles. The van der Waals surface area contributed by atoms with Gasteiger partial charge in [0, 0.05) is 12.1 Å². The number of rotatable bonds is 7. The highest BCUT2D eigenvalue weighted by molar-refractivity contribution is 9.11. The first kappa shape index (κ1) is 16.9. The van der Waals surface area contributed by atoms with Gasteiger partial charge in [-0.1, -0.05) is 6.92 Å². The number of nitrogens with one attached hydrogen (secondary N) is 1. The maximum absolute atomic E-state index is 12.1. The van der Waals surface area contributed by atoms with Gasteiger partial charge in [0.1, 0.15) is 4.21 Å².